The summed E-state index contributed by atoms with van der Waals surface area (Å²) in [6.07, 6.45) is -4.35. The highest BCUT2D eigenvalue weighted by molar-refractivity contribution is 5.77. The third-order valence-corrected chi connectivity index (χ3v) is 1.90. The number of amides is 1. The molecule has 0 aliphatic heterocycles. The lowest BCUT2D eigenvalue weighted by Crippen LogP contribution is -2.38. The molecule has 0 aromatic rings. The third-order valence-electron chi connectivity index (χ3n) is 1.90. The van der Waals surface area contributed by atoms with Crippen molar-refractivity contribution >= 4 is 5.91 Å². The van der Waals surface area contributed by atoms with Gasteiger partial charge in [0, 0.05) is 20.2 Å². The number of methoxy groups -OCH3 is 1. The fourth-order valence-electron chi connectivity index (χ4n) is 1.09. The van der Waals surface area contributed by atoms with Gasteiger partial charge in [-0.05, 0) is 0 Å². The van der Waals surface area contributed by atoms with Crippen molar-refractivity contribution in [3.8, 4) is 6.07 Å². The molecule has 0 saturated carbocycles. The number of carbonyl (C=O) groups excluding carboxylic acids is 1. The molecule has 18 heavy (non-hydrogen) atoms. The number of hydrogen-bond donors (Lipinski definition) is 0. The zero-order valence-electron chi connectivity index (χ0n) is 10.00. The average molecular weight is 268 g/mol. The summed E-state index contributed by atoms with van der Waals surface area (Å²) in [7, 11) is 1.44. The summed E-state index contributed by atoms with van der Waals surface area (Å²) in [4.78, 5) is 12.7. The maximum Gasteiger partial charge on any atom is 0.411 e. The Kier molecular flexibility index (Phi) is 8.07. The van der Waals surface area contributed by atoms with E-state index in [4.69, 9.17) is 10.00 Å². The Morgan fingerprint density at radius 2 is 2.06 bits per heavy atom. The topological polar surface area (TPSA) is 62.6 Å². The highest BCUT2D eigenvalue weighted by Gasteiger charge is 2.28. The van der Waals surface area contributed by atoms with E-state index in [1.807, 2.05) is 6.07 Å². The number of rotatable bonds is 8. The number of hydrogen-bond acceptors (Lipinski definition) is 4. The minimum absolute atomic E-state index is 0.106. The SMILES string of the molecule is COCCN(CCC#N)C(=O)COCC(F)(F)F. The van der Waals surface area contributed by atoms with Crippen LogP contribution in [0.15, 0.2) is 0 Å². The summed E-state index contributed by atoms with van der Waals surface area (Å²) in [5.74, 6) is -0.591. The van der Waals surface area contributed by atoms with E-state index in [2.05, 4.69) is 4.74 Å². The maximum atomic E-state index is 11.8. The van der Waals surface area contributed by atoms with E-state index in [0.29, 0.717) is 0 Å². The van der Waals surface area contributed by atoms with E-state index in [9.17, 15) is 18.0 Å². The van der Waals surface area contributed by atoms with Crippen LogP contribution in [0.3, 0.4) is 0 Å². The zero-order chi connectivity index (χ0) is 14.0. The first-order chi connectivity index (χ1) is 8.40. The van der Waals surface area contributed by atoms with Crippen molar-refractivity contribution in [3.63, 3.8) is 0 Å². The van der Waals surface area contributed by atoms with Gasteiger partial charge in [-0.25, -0.2) is 0 Å². The Labute approximate surface area is 103 Å². The van der Waals surface area contributed by atoms with E-state index in [1.54, 1.807) is 0 Å². The average Bonchev–Trinajstić information content (AvgIpc) is 2.27. The van der Waals surface area contributed by atoms with Crippen LogP contribution in [0.5, 0.6) is 0 Å². The van der Waals surface area contributed by atoms with Crippen LogP contribution in [0.2, 0.25) is 0 Å². The first-order valence-corrected chi connectivity index (χ1v) is 5.19. The molecule has 0 aromatic heterocycles. The number of carbonyl (C=O) groups is 1. The minimum Gasteiger partial charge on any atom is -0.383 e. The van der Waals surface area contributed by atoms with Crippen LogP contribution in [0.1, 0.15) is 6.42 Å². The van der Waals surface area contributed by atoms with E-state index in [1.165, 1.54) is 12.0 Å². The smallest absolute Gasteiger partial charge is 0.383 e. The lowest BCUT2D eigenvalue weighted by Gasteiger charge is -2.21. The summed E-state index contributed by atoms with van der Waals surface area (Å²) in [5, 5.41) is 8.41. The standard InChI is InChI=1S/C10H15F3N2O3/c1-17-6-5-15(4-2-3-14)9(16)7-18-8-10(11,12)13/h2,4-8H2,1H3. The molecular weight excluding hydrogens is 253 g/mol. The van der Waals surface area contributed by atoms with Gasteiger partial charge in [0.1, 0.15) is 13.2 Å². The summed E-state index contributed by atoms with van der Waals surface area (Å²) >= 11 is 0. The largest absolute Gasteiger partial charge is 0.411 e. The molecule has 0 aliphatic rings. The van der Waals surface area contributed by atoms with Crippen molar-refractivity contribution in [2.24, 2.45) is 0 Å². The van der Waals surface area contributed by atoms with Crippen molar-refractivity contribution in [1.82, 2.24) is 4.90 Å². The Morgan fingerprint density at radius 1 is 1.39 bits per heavy atom. The minimum atomic E-state index is -4.45. The van der Waals surface area contributed by atoms with Crippen LogP contribution in [-0.2, 0) is 14.3 Å². The molecule has 5 nitrogen and oxygen atoms in total. The molecule has 0 rings (SSSR count). The lowest BCUT2D eigenvalue weighted by molar-refractivity contribution is -0.177. The van der Waals surface area contributed by atoms with Gasteiger partial charge < -0.3 is 14.4 Å². The number of halogens is 3. The van der Waals surface area contributed by atoms with Crippen LogP contribution in [-0.4, -0.2) is 57.0 Å². The van der Waals surface area contributed by atoms with Gasteiger partial charge in [-0.1, -0.05) is 0 Å². The molecule has 0 saturated heterocycles. The first-order valence-electron chi connectivity index (χ1n) is 5.19. The van der Waals surface area contributed by atoms with Crippen LogP contribution in [0.4, 0.5) is 13.2 Å². The zero-order valence-corrected chi connectivity index (χ0v) is 10.00. The first kappa shape index (κ1) is 16.7. The molecule has 1 amide bonds. The van der Waals surface area contributed by atoms with Crippen LogP contribution in [0.25, 0.3) is 0 Å². The Morgan fingerprint density at radius 3 is 2.56 bits per heavy atom. The summed E-state index contributed by atoms with van der Waals surface area (Å²) in [6, 6.07) is 1.85. The van der Waals surface area contributed by atoms with Gasteiger partial charge in [-0.2, -0.15) is 18.4 Å². The number of nitriles is 1. The van der Waals surface area contributed by atoms with Crippen molar-refractivity contribution in [2.45, 2.75) is 12.6 Å². The van der Waals surface area contributed by atoms with Crippen molar-refractivity contribution in [2.75, 3.05) is 40.0 Å². The van der Waals surface area contributed by atoms with E-state index in [-0.39, 0.29) is 26.1 Å². The van der Waals surface area contributed by atoms with E-state index in [0.717, 1.165) is 0 Å². The number of nitrogens with zero attached hydrogens (tertiary/aromatic N) is 2. The predicted octanol–water partition coefficient (Wildman–Crippen LogP) is 0.954. The van der Waals surface area contributed by atoms with Gasteiger partial charge in [0.2, 0.25) is 5.91 Å². The number of alkyl halides is 3. The Bertz CT molecular complexity index is 289. The lowest BCUT2D eigenvalue weighted by atomic mass is 10.4. The van der Waals surface area contributed by atoms with Crippen LogP contribution in [0, 0.1) is 11.3 Å². The van der Waals surface area contributed by atoms with Crippen LogP contribution >= 0.6 is 0 Å². The van der Waals surface area contributed by atoms with Crippen molar-refractivity contribution in [3.05, 3.63) is 0 Å². The Hall–Kier alpha value is -1.33. The summed E-state index contributed by atoms with van der Waals surface area (Å²) < 4.78 is 44.4. The molecular formula is C10H15F3N2O3. The van der Waals surface area contributed by atoms with Gasteiger partial charge in [0.25, 0.3) is 0 Å². The maximum absolute atomic E-state index is 11.8. The molecule has 104 valence electrons. The second-order valence-electron chi connectivity index (χ2n) is 3.39. The van der Waals surface area contributed by atoms with E-state index < -0.39 is 25.3 Å². The van der Waals surface area contributed by atoms with Gasteiger partial charge in [0.15, 0.2) is 0 Å². The molecule has 0 aromatic carbocycles. The second kappa shape index (κ2) is 8.72. The van der Waals surface area contributed by atoms with Gasteiger partial charge in [0.05, 0.1) is 19.1 Å². The molecule has 0 N–H and O–H groups in total. The molecule has 8 heteroatoms. The molecule has 0 bridgehead atoms. The van der Waals surface area contributed by atoms with Crippen molar-refractivity contribution in [1.29, 1.82) is 5.26 Å². The predicted molar refractivity (Wildman–Crippen MR) is 55.6 cm³/mol. The van der Waals surface area contributed by atoms with E-state index >= 15 is 0 Å². The Balaban J connectivity index is 4.08. The summed E-state index contributed by atoms with van der Waals surface area (Å²) in [6.45, 7) is -1.51. The van der Waals surface area contributed by atoms with Crippen molar-refractivity contribution < 1.29 is 27.4 Å². The molecule has 0 radical (unpaired) electrons. The fourth-order valence-corrected chi connectivity index (χ4v) is 1.09. The molecule has 0 heterocycles. The fraction of sp³-hybridized carbons (Fsp3) is 0.800. The molecule has 0 spiro atoms. The third kappa shape index (κ3) is 8.78. The highest BCUT2D eigenvalue weighted by atomic mass is 19.4. The molecule has 0 unspecified atom stereocenters. The van der Waals surface area contributed by atoms with Gasteiger partial charge >= 0.3 is 6.18 Å². The summed E-state index contributed by atoms with van der Waals surface area (Å²) in [5.41, 5.74) is 0. The molecule has 0 fully saturated rings. The second-order valence-corrected chi connectivity index (χ2v) is 3.39. The normalized spacial score (nSPS) is 11.1. The highest BCUT2D eigenvalue weighted by Crippen LogP contribution is 2.14. The van der Waals surface area contributed by atoms with Gasteiger partial charge in [-0.15, -0.1) is 0 Å². The monoisotopic (exact) mass is 268 g/mol. The molecule has 0 aliphatic carbocycles. The quantitative estimate of drug-likeness (QED) is 0.657. The number of ether oxygens (including phenoxy) is 2. The van der Waals surface area contributed by atoms with Crippen LogP contribution < -0.4 is 0 Å². The molecule has 0 atom stereocenters. The van der Waals surface area contributed by atoms with Gasteiger partial charge in [-0.3, -0.25) is 4.79 Å².